The largest absolute Gasteiger partial charge is 0.345 e. The molecule has 3 rings (SSSR count). The molecule has 1 N–H and O–H groups in total. The van der Waals surface area contributed by atoms with Crippen LogP contribution in [0.2, 0.25) is 0 Å². The Kier molecular flexibility index (Phi) is 6.42. The standard InChI is InChI=1S/C21H32N6O2/c1-15(2)13-22-21(29)27-10-8-26(9-11-27)14-19-23-17-12-16(20(28)24(3)4)6-7-18(17)25(19)5/h6-7,12,15H,8-11,13-14H2,1-5H3,(H,22,29). The van der Waals surface area contributed by atoms with Gasteiger partial charge in [-0.25, -0.2) is 9.78 Å². The van der Waals surface area contributed by atoms with Crippen molar-refractivity contribution in [1.82, 2.24) is 29.6 Å². The molecule has 1 aliphatic heterocycles. The Labute approximate surface area is 172 Å². The summed E-state index contributed by atoms with van der Waals surface area (Å²) < 4.78 is 2.08. The highest BCUT2D eigenvalue weighted by atomic mass is 16.2. The van der Waals surface area contributed by atoms with Gasteiger partial charge >= 0.3 is 6.03 Å². The minimum absolute atomic E-state index is 0.0223. The van der Waals surface area contributed by atoms with Crippen LogP contribution in [0.5, 0.6) is 0 Å². The predicted molar refractivity (Wildman–Crippen MR) is 114 cm³/mol. The summed E-state index contributed by atoms with van der Waals surface area (Å²) in [4.78, 5) is 35.0. The third-order valence-electron chi connectivity index (χ3n) is 5.31. The number of piperazine rings is 1. The second kappa shape index (κ2) is 8.82. The van der Waals surface area contributed by atoms with Gasteiger partial charge in [0, 0.05) is 59.4 Å². The van der Waals surface area contributed by atoms with Gasteiger partial charge in [-0.1, -0.05) is 13.8 Å². The highest BCUT2D eigenvalue weighted by Gasteiger charge is 2.22. The van der Waals surface area contributed by atoms with Gasteiger partial charge in [-0.2, -0.15) is 0 Å². The number of aromatic nitrogens is 2. The third kappa shape index (κ3) is 4.87. The number of rotatable bonds is 5. The first kappa shape index (κ1) is 21.1. The Morgan fingerprint density at radius 1 is 1.17 bits per heavy atom. The van der Waals surface area contributed by atoms with Gasteiger partial charge in [0.1, 0.15) is 5.82 Å². The summed E-state index contributed by atoms with van der Waals surface area (Å²) in [5.41, 5.74) is 2.50. The molecule has 8 heteroatoms. The number of nitrogens with zero attached hydrogens (tertiary/aromatic N) is 5. The van der Waals surface area contributed by atoms with Crippen molar-refractivity contribution in [2.24, 2.45) is 13.0 Å². The molecule has 8 nitrogen and oxygen atoms in total. The fourth-order valence-electron chi connectivity index (χ4n) is 3.49. The molecule has 1 aromatic carbocycles. The molecule has 3 amide bonds. The van der Waals surface area contributed by atoms with Crippen molar-refractivity contribution >= 4 is 23.0 Å². The number of hydrogen-bond donors (Lipinski definition) is 1. The van der Waals surface area contributed by atoms with Crippen LogP contribution in [-0.2, 0) is 13.6 Å². The Morgan fingerprint density at radius 3 is 2.48 bits per heavy atom. The van der Waals surface area contributed by atoms with E-state index < -0.39 is 0 Å². The van der Waals surface area contributed by atoms with Gasteiger partial charge in [0.05, 0.1) is 17.6 Å². The first-order valence-corrected chi connectivity index (χ1v) is 10.2. The van der Waals surface area contributed by atoms with E-state index in [1.54, 1.807) is 19.0 Å². The smallest absolute Gasteiger partial charge is 0.317 e. The molecule has 2 aromatic rings. The zero-order valence-corrected chi connectivity index (χ0v) is 18.1. The van der Waals surface area contributed by atoms with E-state index in [0.29, 0.717) is 18.0 Å². The molecule has 0 unspecified atom stereocenters. The second-order valence-corrected chi connectivity index (χ2v) is 8.33. The van der Waals surface area contributed by atoms with Crippen molar-refractivity contribution in [2.45, 2.75) is 20.4 Å². The summed E-state index contributed by atoms with van der Waals surface area (Å²) in [5, 5.41) is 2.99. The van der Waals surface area contributed by atoms with E-state index in [-0.39, 0.29) is 11.9 Å². The molecular formula is C21H32N6O2. The summed E-state index contributed by atoms with van der Waals surface area (Å²) >= 11 is 0. The first-order chi connectivity index (χ1) is 13.8. The van der Waals surface area contributed by atoms with Crippen LogP contribution in [-0.4, -0.2) is 83.0 Å². The molecule has 0 radical (unpaired) electrons. The molecule has 0 bridgehead atoms. The second-order valence-electron chi connectivity index (χ2n) is 8.33. The van der Waals surface area contributed by atoms with Crippen molar-refractivity contribution in [3.63, 3.8) is 0 Å². The average molecular weight is 401 g/mol. The summed E-state index contributed by atoms with van der Waals surface area (Å²) in [6.07, 6.45) is 0. The van der Waals surface area contributed by atoms with Crippen LogP contribution in [0.4, 0.5) is 4.79 Å². The zero-order chi connectivity index (χ0) is 21.1. The topological polar surface area (TPSA) is 73.7 Å². The maximum Gasteiger partial charge on any atom is 0.317 e. The van der Waals surface area contributed by atoms with Crippen molar-refractivity contribution in [3.8, 4) is 0 Å². The van der Waals surface area contributed by atoms with Crippen molar-refractivity contribution in [3.05, 3.63) is 29.6 Å². The highest BCUT2D eigenvalue weighted by Crippen LogP contribution is 2.19. The predicted octanol–water partition coefficient (Wildman–Crippen LogP) is 1.76. The number of fused-ring (bicyclic) bond motifs is 1. The first-order valence-electron chi connectivity index (χ1n) is 10.2. The number of carbonyl (C=O) groups is 2. The lowest BCUT2D eigenvalue weighted by molar-refractivity contribution is 0.0827. The van der Waals surface area contributed by atoms with Gasteiger partial charge in [-0.15, -0.1) is 0 Å². The molecule has 1 fully saturated rings. The van der Waals surface area contributed by atoms with Crippen molar-refractivity contribution < 1.29 is 9.59 Å². The fraction of sp³-hybridized carbons (Fsp3) is 0.571. The summed E-state index contributed by atoms with van der Waals surface area (Å²) in [5.74, 6) is 1.39. The van der Waals surface area contributed by atoms with E-state index in [1.165, 1.54) is 0 Å². The van der Waals surface area contributed by atoms with E-state index in [0.717, 1.165) is 49.6 Å². The van der Waals surface area contributed by atoms with Crippen LogP contribution in [0.15, 0.2) is 18.2 Å². The van der Waals surface area contributed by atoms with E-state index >= 15 is 0 Å². The van der Waals surface area contributed by atoms with Crippen LogP contribution in [0.3, 0.4) is 0 Å². The van der Waals surface area contributed by atoms with E-state index in [2.05, 4.69) is 28.6 Å². The van der Waals surface area contributed by atoms with Gasteiger partial charge in [0.15, 0.2) is 0 Å². The van der Waals surface area contributed by atoms with Gasteiger partial charge < -0.3 is 19.7 Å². The van der Waals surface area contributed by atoms with Crippen molar-refractivity contribution in [2.75, 3.05) is 46.8 Å². The molecule has 0 aliphatic carbocycles. The van der Waals surface area contributed by atoms with Gasteiger partial charge in [0.25, 0.3) is 5.91 Å². The van der Waals surface area contributed by atoms with Crippen LogP contribution in [0, 0.1) is 5.92 Å². The molecule has 1 saturated heterocycles. The number of imidazole rings is 1. The summed E-state index contributed by atoms with van der Waals surface area (Å²) in [6, 6.07) is 5.70. The lowest BCUT2D eigenvalue weighted by Crippen LogP contribution is -2.52. The maximum atomic E-state index is 12.2. The van der Waals surface area contributed by atoms with Crippen molar-refractivity contribution in [1.29, 1.82) is 0 Å². The van der Waals surface area contributed by atoms with Crippen LogP contribution >= 0.6 is 0 Å². The lowest BCUT2D eigenvalue weighted by atomic mass is 10.2. The van der Waals surface area contributed by atoms with Gasteiger partial charge in [-0.3, -0.25) is 9.69 Å². The molecule has 1 aliphatic rings. The number of hydrogen-bond acceptors (Lipinski definition) is 4. The molecule has 1 aromatic heterocycles. The van der Waals surface area contributed by atoms with E-state index in [1.807, 2.05) is 30.1 Å². The maximum absolute atomic E-state index is 12.2. The van der Waals surface area contributed by atoms with Crippen LogP contribution in [0.25, 0.3) is 11.0 Å². The number of nitrogens with one attached hydrogen (secondary N) is 1. The molecule has 0 saturated carbocycles. The number of carbonyl (C=O) groups excluding carboxylic acids is 2. The minimum Gasteiger partial charge on any atom is -0.345 e. The Balaban J connectivity index is 1.63. The van der Waals surface area contributed by atoms with E-state index in [4.69, 9.17) is 4.98 Å². The summed E-state index contributed by atoms with van der Waals surface area (Å²) in [6.45, 7) is 8.69. The third-order valence-corrected chi connectivity index (χ3v) is 5.31. The van der Waals surface area contributed by atoms with Gasteiger partial charge in [-0.05, 0) is 24.1 Å². The Hall–Kier alpha value is -2.61. The quantitative estimate of drug-likeness (QED) is 0.830. The SMILES string of the molecule is CC(C)CNC(=O)N1CCN(Cc2nc3cc(C(=O)N(C)C)ccc3n2C)CC1. The monoisotopic (exact) mass is 400 g/mol. The number of benzene rings is 1. The Bertz CT molecular complexity index is 881. The molecule has 2 heterocycles. The molecule has 29 heavy (non-hydrogen) atoms. The normalized spacial score (nSPS) is 15.2. The number of amides is 3. The Morgan fingerprint density at radius 2 is 1.86 bits per heavy atom. The van der Waals surface area contributed by atoms with Gasteiger partial charge in [0.2, 0.25) is 0 Å². The number of urea groups is 1. The number of aryl methyl sites for hydroxylation is 1. The highest BCUT2D eigenvalue weighted by molar-refractivity contribution is 5.97. The molecular weight excluding hydrogens is 368 g/mol. The fourth-order valence-corrected chi connectivity index (χ4v) is 3.49. The van der Waals surface area contributed by atoms with E-state index in [9.17, 15) is 9.59 Å². The molecule has 0 atom stereocenters. The molecule has 158 valence electrons. The van der Waals surface area contributed by atoms with Crippen LogP contribution < -0.4 is 5.32 Å². The van der Waals surface area contributed by atoms with Crippen LogP contribution in [0.1, 0.15) is 30.0 Å². The lowest BCUT2D eigenvalue weighted by Gasteiger charge is -2.34. The minimum atomic E-state index is -0.0223. The molecule has 0 spiro atoms. The summed E-state index contributed by atoms with van der Waals surface area (Å²) in [7, 11) is 5.51. The zero-order valence-electron chi connectivity index (χ0n) is 18.1. The average Bonchev–Trinajstić information content (AvgIpc) is 3.00.